The molecule has 7 heteroatoms. The van der Waals surface area contributed by atoms with Crippen LogP contribution in [0.1, 0.15) is 43.5 Å². The number of hydrogen-bond donors (Lipinski definition) is 1. The second-order valence-electron chi connectivity index (χ2n) is 6.80. The van der Waals surface area contributed by atoms with E-state index in [1.165, 1.54) is 0 Å². The van der Waals surface area contributed by atoms with Crippen LogP contribution in [0, 0.1) is 0 Å². The van der Waals surface area contributed by atoms with E-state index < -0.39 is 0 Å². The Bertz CT molecular complexity index is 834. The van der Waals surface area contributed by atoms with E-state index in [9.17, 15) is 0 Å². The number of rotatable bonds is 5. The zero-order valence-corrected chi connectivity index (χ0v) is 14.6. The predicted octanol–water partition coefficient (Wildman–Crippen LogP) is 2.09. The molecule has 0 fully saturated rings. The fraction of sp³-hybridized carbons (Fsp3) is 0.444. The predicted molar refractivity (Wildman–Crippen MR) is 94.4 cm³/mol. The summed E-state index contributed by atoms with van der Waals surface area (Å²) in [6.07, 6.45) is 3.86. The molecule has 130 valence electrons. The van der Waals surface area contributed by atoms with Crippen molar-refractivity contribution in [1.82, 2.24) is 35.1 Å². The van der Waals surface area contributed by atoms with Crippen molar-refractivity contribution in [3.05, 3.63) is 53.9 Å². The summed E-state index contributed by atoms with van der Waals surface area (Å²) < 4.78 is 2.05. The molecule has 0 spiro atoms. The van der Waals surface area contributed by atoms with Crippen molar-refractivity contribution in [2.75, 3.05) is 0 Å². The monoisotopic (exact) mass is 337 g/mol. The van der Waals surface area contributed by atoms with Gasteiger partial charge in [-0.2, -0.15) is 20.1 Å². The van der Waals surface area contributed by atoms with Crippen LogP contribution in [-0.2, 0) is 19.5 Å². The average molecular weight is 337 g/mol. The van der Waals surface area contributed by atoms with Crippen molar-refractivity contribution in [2.24, 2.45) is 0 Å². The van der Waals surface area contributed by atoms with Gasteiger partial charge in [-0.3, -0.25) is 0 Å². The number of benzene rings is 1. The highest BCUT2D eigenvalue weighted by molar-refractivity contribution is 5.28. The molecule has 25 heavy (non-hydrogen) atoms. The molecule has 4 rings (SSSR count). The summed E-state index contributed by atoms with van der Waals surface area (Å²) in [5.74, 6) is 2.43. The molecule has 2 aromatic heterocycles. The van der Waals surface area contributed by atoms with Crippen LogP contribution >= 0.6 is 0 Å². The fourth-order valence-electron chi connectivity index (χ4n) is 3.05. The molecule has 1 aliphatic heterocycles. The van der Waals surface area contributed by atoms with Crippen molar-refractivity contribution in [3.8, 4) is 5.69 Å². The smallest absolute Gasteiger partial charge is 0.153 e. The molecule has 1 aliphatic rings. The summed E-state index contributed by atoms with van der Waals surface area (Å²) in [7, 11) is 0. The van der Waals surface area contributed by atoms with Crippen molar-refractivity contribution in [1.29, 1.82) is 0 Å². The summed E-state index contributed by atoms with van der Waals surface area (Å²) in [6, 6.07) is 10.3. The van der Waals surface area contributed by atoms with Crippen LogP contribution in [0.4, 0.5) is 0 Å². The Hall–Kier alpha value is -2.54. The topological polar surface area (TPSA) is 73.5 Å². The molecule has 7 nitrogen and oxygen atoms in total. The Morgan fingerprint density at radius 2 is 2.04 bits per heavy atom. The van der Waals surface area contributed by atoms with Gasteiger partial charge in [-0.15, -0.1) is 0 Å². The number of aryl methyl sites for hydroxylation is 1. The largest absolute Gasteiger partial charge is 0.306 e. The van der Waals surface area contributed by atoms with E-state index in [0.29, 0.717) is 18.5 Å². The van der Waals surface area contributed by atoms with Crippen molar-refractivity contribution in [3.63, 3.8) is 0 Å². The van der Waals surface area contributed by atoms with Crippen LogP contribution in [-0.4, -0.2) is 35.8 Å². The van der Waals surface area contributed by atoms with Gasteiger partial charge in [-0.1, -0.05) is 32.0 Å². The lowest BCUT2D eigenvalue weighted by molar-refractivity contribution is 0.355. The van der Waals surface area contributed by atoms with Crippen molar-refractivity contribution in [2.45, 2.75) is 51.7 Å². The van der Waals surface area contributed by atoms with Crippen LogP contribution in [0.15, 0.2) is 36.5 Å². The molecule has 0 bridgehead atoms. The molecular weight excluding hydrogens is 314 g/mol. The Morgan fingerprint density at radius 3 is 2.84 bits per heavy atom. The molecule has 1 aromatic carbocycles. The summed E-state index contributed by atoms with van der Waals surface area (Å²) in [6.45, 7) is 5.83. The van der Waals surface area contributed by atoms with Crippen LogP contribution < -0.4 is 5.32 Å². The number of aromatic nitrogens is 6. The molecule has 1 N–H and O–H groups in total. The van der Waals surface area contributed by atoms with E-state index >= 15 is 0 Å². The minimum Gasteiger partial charge on any atom is -0.306 e. The molecular formula is C18H23N7. The van der Waals surface area contributed by atoms with E-state index in [2.05, 4.69) is 44.1 Å². The second-order valence-corrected chi connectivity index (χ2v) is 6.80. The Labute approximate surface area is 147 Å². The maximum Gasteiger partial charge on any atom is 0.153 e. The van der Waals surface area contributed by atoms with E-state index in [1.54, 1.807) is 4.80 Å². The SMILES string of the molecule is CC(C)c1nc2n(n1)C[C@H](NCc1cnn(-c3ccccc3)n1)CC2. The lowest BCUT2D eigenvalue weighted by atomic mass is 10.1. The van der Waals surface area contributed by atoms with Gasteiger partial charge < -0.3 is 5.32 Å². The highest BCUT2D eigenvalue weighted by Crippen LogP contribution is 2.17. The first-order valence-electron chi connectivity index (χ1n) is 8.82. The van der Waals surface area contributed by atoms with Gasteiger partial charge in [0.15, 0.2) is 5.82 Å². The lowest BCUT2D eigenvalue weighted by Gasteiger charge is -2.23. The maximum absolute atomic E-state index is 4.64. The van der Waals surface area contributed by atoms with Crippen LogP contribution in [0.3, 0.4) is 0 Å². The number of nitrogens with zero attached hydrogens (tertiary/aromatic N) is 6. The Balaban J connectivity index is 1.37. The zero-order valence-electron chi connectivity index (χ0n) is 14.6. The van der Waals surface area contributed by atoms with Gasteiger partial charge in [0.2, 0.25) is 0 Å². The minimum atomic E-state index is 0.373. The summed E-state index contributed by atoms with van der Waals surface area (Å²) in [5, 5.41) is 17.1. The highest BCUT2D eigenvalue weighted by atomic mass is 15.5. The van der Waals surface area contributed by atoms with Crippen LogP contribution in [0.25, 0.3) is 5.69 Å². The summed E-state index contributed by atoms with van der Waals surface area (Å²) in [5.41, 5.74) is 1.91. The number of nitrogens with one attached hydrogen (secondary N) is 1. The normalized spacial score (nSPS) is 17.0. The first-order valence-corrected chi connectivity index (χ1v) is 8.82. The van der Waals surface area contributed by atoms with E-state index in [-0.39, 0.29) is 0 Å². The maximum atomic E-state index is 4.64. The summed E-state index contributed by atoms with van der Waals surface area (Å²) >= 11 is 0. The first-order chi connectivity index (χ1) is 12.2. The zero-order chi connectivity index (χ0) is 17.2. The quantitative estimate of drug-likeness (QED) is 0.772. The van der Waals surface area contributed by atoms with Crippen molar-refractivity contribution < 1.29 is 0 Å². The third kappa shape index (κ3) is 3.46. The minimum absolute atomic E-state index is 0.373. The van der Waals surface area contributed by atoms with Gasteiger partial charge in [0.05, 0.1) is 24.1 Å². The van der Waals surface area contributed by atoms with E-state index in [0.717, 1.165) is 42.4 Å². The van der Waals surface area contributed by atoms with Gasteiger partial charge in [0.1, 0.15) is 5.82 Å². The van der Waals surface area contributed by atoms with Gasteiger partial charge >= 0.3 is 0 Å². The Morgan fingerprint density at radius 1 is 1.20 bits per heavy atom. The van der Waals surface area contributed by atoms with Crippen LogP contribution in [0.2, 0.25) is 0 Å². The van der Waals surface area contributed by atoms with Gasteiger partial charge in [-0.05, 0) is 18.6 Å². The molecule has 0 aliphatic carbocycles. The van der Waals surface area contributed by atoms with Gasteiger partial charge in [0, 0.05) is 24.9 Å². The van der Waals surface area contributed by atoms with Gasteiger partial charge in [0.25, 0.3) is 0 Å². The number of fused-ring (bicyclic) bond motifs is 1. The third-order valence-electron chi connectivity index (χ3n) is 4.49. The molecule has 3 aromatic rings. The highest BCUT2D eigenvalue weighted by Gasteiger charge is 2.22. The van der Waals surface area contributed by atoms with E-state index in [4.69, 9.17) is 0 Å². The molecule has 0 saturated carbocycles. The fourth-order valence-corrected chi connectivity index (χ4v) is 3.05. The van der Waals surface area contributed by atoms with Crippen molar-refractivity contribution >= 4 is 0 Å². The number of para-hydroxylation sites is 1. The number of hydrogen-bond acceptors (Lipinski definition) is 5. The first kappa shape index (κ1) is 16.0. The molecule has 0 radical (unpaired) electrons. The molecule has 0 amide bonds. The molecule has 3 heterocycles. The lowest BCUT2D eigenvalue weighted by Crippen LogP contribution is -2.37. The molecule has 0 saturated heterocycles. The second kappa shape index (κ2) is 6.76. The van der Waals surface area contributed by atoms with Crippen LogP contribution in [0.5, 0.6) is 0 Å². The standard InChI is InChI=1S/C18H23N7/c1-13(2)18-21-17-9-8-14(12-24(17)23-18)19-10-15-11-20-25(22-15)16-6-4-3-5-7-16/h3-7,11,13-14,19H,8-10,12H2,1-2H3/t14-/m1/s1. The third-order valence-corrected chi connectivity index (χ3v) is 4.49. The van der Waals surface area contributed by atoms with E-state index in [1.807, 2.05) is 36.5 Å². The molecule has 0 unspecified atom stereocenters. The average Bonchev–Trinajstić information content (AvgIpc) is 3.27. The Kier molecular flexibility index (Phi) is 4.31. The van der Waals surface area contributed by atoms with Gasteiger partial charge in [-0.25, -0.2) is 9.67 Å². The summed E-state index contributed by atoms with van der Waals surface area (Å²) in [4.78, 5) is 6.31. The molecule has 1 atom stereocenters.